The van der Waals surface area contributed by atoms with Crippen LogP contribution in [-0.4, -0.2) is 89.0 Å². The Hall–Kier alpha value is -1.56. The minimum absolute atomic E-state index is 0.214. The van der Waals surface area contributed by atoms with Gasteiger partial charge >= 0.3 is 11.9 Å². The zero-order valence-electron chi connectivity index (χ0n) is 33.8. The van der Waals surface area contributed by atoms with Crippen molar-refractivity contribution < 1.29 is 49.0 Å². The van der Waals surface area contributed by atoms with Gasteiger partial charge in [-0.15, -0.1) is 0 Å². The highest BCUT2D eigenvalue weighted by Crippen LogP contribution is 2.23. The van der Waals surface area contributed by atoms with Crippen molar-refractivity contribution in [1.29, 1.82) is 0 Å². The van der Waals surface area contributed by atoms with Gasteiger partial charge in [-0.05, 0) is 38.5 Å². The molecule has 0 saturated carbocycles. The summed E-state index contributed by atoms with van der Waals surface area (Å²) in [6.07, 6.45) is 28.2. The molecule has 0 aromatic carbocycles. The van der Waals surface area contributed by atoms with Gasteiger partial charge in [0.25, 0.3) is 0 Å². The summed E-state index contributed by atoms with van der Waals surface area (Å²) in [5.41, 5.74) is 0. The highest BCUT2D eigenvalue weighted by molar-refractivity contribution is 5.70. The Morgan fingerprint density at radius 3 is 1.47 bits per heavy atom. The molecule has 4 N–H and O–H groups in total. The van der Waals surface area contributed by atoms with E-state index in [1.165, 1.54) is 116 Å². The molecule has 0 aromatic rings. The molecule has 6 atom stereocenters. The summed E-state index contributed by atoms with van der Waals surface area (Å²) in [4.78, 5) is 25.1. The molecule has 1 heterocycles. The van der Waals surface area contributed by atoms with Crippen molar-refractivity contribution in [3.63, 3.8) is 0 Å². The number of aliphatic hydroxyl groups excluding tert-OH is 4. The molecule has 1 fully saturated rings. The van der Waals surface area contributed by atoms with E-state index in [-0.39, 0.29) is 32.0 Å². The van der Waals surface area contributed by atoms with Crippen LogP contribution in [0.2, 0.25) is 0 Å². The van der Waals surface area contributed by atoms with Crippen LogP contribution in [0.1, 0.15) is 194 Å². The molecule has 312 valence electrons. The van der Waals surface area contributed by atoms with Crippen molar-refractivity contribution in [2.45, 2.75) is 230 Å². The van der Waals surface area contributed by atoms with Crippen LogP contribution in [0.15, 0.2) is 12.2 Å². The van der Waals surface area contributed by atoms with Gasteiger partial charge in [0.15, 0.2) is 12.4 Å². The Morgan fingerprint density at radius 1 is 0.566 bits per heavy atom. The molecule has 0 amide bonds. The van der Waals surface area contributed by atoms with Gasteiger partial charge in [0.1, 0.15) is 31.0 Å². The highest BCUT2D eigenvalue weighted by Gasteiger charge is 2.44. The zero-order chi connectivity index (χ0) is 38.8. The van der Waals surface area contributed by atoms with E-state index in [9.17, 15) is 30.0 Å². The SMILES string of the molecule is CCCCCCCCCC/C=C\CCCCCCCCCCCC(=O)OC(COC(=O)CCCCCCCCC)COC1OC(CO)C(O)C(O)C1O. The van der Waals surface area contributed by atoms with Crippen LogP contribution in [-0.2, 0) is 28.5 Å². The van der Waals surface area contributed by atoms with Crippen LogP contribution in [0.4, 0.5) is 0 Å². The molecule has 0 aromatic heterocycles. The molecular formula is C43H80O10. The van der Waals surface area contributed by atoms with Crippen LogP contribution in [0.25, 0.3) is 0 Å². The molecule has 10 heteroatoms. The third-order valence-electron chi connectivity index (χ3n) is 10.2. The van der Waals surface area contributed by atoms with Crippen LogP contribution >= 0.6 is 0 Å². The Kier molecular flexibility index (Phi) is 32.6. The fraction of sp³-hybridized carbons (Fsp3) is 0.907. The van der Waals surface area contributed by atoms with E-state index in [2.05, 4.69) is 26.0 Å². The van der Waals surface area contributed by atoms with Gasteiger partial charge in [0, 0.05) is 12.8 Å². The maximum atomic E-state index is 12.7. The second-order valence-electron chi connectivity index (χ2n) is 15.2. The van der Waals surface area contributed by atoms with Gasteiger partial charge < -0.3 is 39.4 Å². The third-order valence-corrected chi connectivity index (χ3v) is 10.2. The average Bonchev–Trinajstić information content (AvgIpc) is 3.15. The molecule has 10 nitrogen and oxygen atoms in total. The number of carbonyl (C=O) groups is 2. The fourth-order valence-corrected chi connectivity index (χ4v) is 6.65. The molecule has 0 spiro atoms. The molecule has 6 unspecified atom stereocenters. The van der Waals surface area contributed by atoms with Crippen LogP contribution in [0.3, 0.4) is 0 Å². The predicted molar refractivity (Wildman–Crippen MR) is 210 cm³/mol. The van der Waals surface area contributed by atoms with Gasteiger partial charge in [-0.2, -0.15) is 0 Å². The lowest BCUT2D eigenvalue weighted by molar-refractivity contribution is -0.305. The summed E-state index contributed by atoms with van der Waals surface area (Å²) >= 11 is 0. The smallest absolute Gasteiger partial charge is 0.306 e. The molecule has 0 radical (unpaired) electrons. The van der Waals surface area contributed by atoms with Crippen LogP contribution in [0.5, 0.6) is 0 Å². The zero-order valence-corrected chi connectivity index (χ0v) is 33.8. The van der Waals surface area contributed by atoms with E-state index in [0.29, 0.717) is 6.42 Å². The number of esters is 2. The number of hydrogen-bond donors (Lipinski definition) is 4. The number of ether oxygens (including phenoxy) is 4. The molecule has 1 aliphatic heterocycles. The average molecular weight is 757 g/mol. The molecular weight excluding hydrogens is 676 g/mol. The Balaban J connectivity index is 2.25. The molecule has 53 heavy (non-hydrogen) atoms. The Labute approximate surface area is 322 Å². The minimum atomic E-state index is -1.59. The number of aliphatic hydroxyl groups is 4. The van der Waals surface area contributed by atoms with E-state index in [1.807, 2.05) is 0 Å². The van der Waals surface area contributed by atoms with Crippen molar-refractivity contribution in [2.75, 3.05) is 19.8 Å². The lowest BCUT2D eigenvalue weighted by atomic mass is 9.99. The van der Waals surface area contributed by atoms with Crippen molar-refractivity contribution in [1.82, 2.24) is 0 Å². The number of unbranched alkanes of at least 4 members (excludes halogenated alkanes) is 23. The number of carbonyl (C=O) groups excluding carboxylic acids is 2. The van der Waals surface area contributed by atoms with Crippen molar-refractivity contribution in [3.8, 4) is 0 Å². The van der Waals surface area contributed by atoms with Gasteiger partial charge in [-0.25, -0.2) is 0 Å². The molecule has 0 bridgehead atoms. The van der Waals surface area contributed by atoms with Crippen LogP contribution in [0, 0.1) is 0 Å². The molecule has 1 aliphatic rings. The Bertz CT molecular complexity index is 881. The second kappa shape index (κ2) is 34.9. The number of allylic oxidation sites excluding steroid dienone is 2. The van der Waals surface area contributed by atoms with E-state index < -0.39 is 49.4 Å². The largest absolute Gasteiger partial charge is 0.462 e. The fourth-order valence-electron chi connectivity index (χ4n) is 6.65. The van der Waals surface area contributed by atoms with E-state index in [1.54, 1.807) is 0 Å². The lowest BCUT2D eigenvalue weighted by Gasteiger charge is -2.39. The quantitative estimate of drug-likeness (QED) is 0.0277. The van der Waals surface area contributed by atoms with Gasteiger partial charge in [-0.1, -0.05) is 154 Å². The summed E-state index contributed by atoms with van der Waals surface area (Å²) < 4.78 is 22.0. The second-order valence-corrected chi connectivity index (χ2v) is 15.2. The maximum Gasteiger partial charge on any atom is 0.306 e. The van der Waals surface area contributed by atoms with Gasteiger partial charge in [0.2, 0.25) is 0 Å². The summed E-state index contributed by atoms with van der Waals surface area (Å²) in [6.45, 7) is 3.38. The van der Waals surface area contributed by atoms with E-state index >= 15 is 0 Å². The minimum Gasteiger partial charge on any atom is -0.462 e. The molecule has 1 rings (SSSR count). The van der Waals surface area contributed by atoms with E-state index in [4.69, 9.17) is 18.9 Å². The van der Waals surface area contributed by atoms with Crippen molar-refractivity contribution in [3.05, 3.63) is 12.2 Å². The molecule has 1 saturated heterocycles. The summed E-state index contributed by atoms with van der Waals surface area (Å²) in [6, 6.07) is 0. The maximum absolute atomic E-state index is 12.7. The van der Waals surface area contributed by atoms with Gasteiger partial charge in [-0.3, -0.25) is 9.59 Å². The Morgan fingerprint density at radius 2 is 1.00 bits per heavy atom. The monoisotopic (exact) mass is 757 g/mol. The summed E-state index contributed by atoms with van der Waals surface area (Å²) in [7, 11) is 0. The van der Waals surface area contributed by atoms with Gasteiger partial charge in [0.05, 0.1) is 13.2 Å². The summed E-state index contributed by atoms with van der Waals surface area (Å²) in [5, 5.41) is 39.9. The highest BCUT2D eigenvalue weighted by atomic mass is 16.7. The van der Waals surface area contributed by atoms with Crippen molar-refractivity contribution in [2.24, 2.45) is 0 Å². The summed E-state index contributed by atoms with van der Waals surface area (Å²) in [5.74, 6) is -0.809. The first-order chi connectivity index (χ1) is 25.8. The lowest BCUT2D eigenvalue weighted by Crippen LogP contribution is -2.59. The first kappa shape index (κ1) is 49.5. The van der Waals surface area contributed by atoms with Crippen molar-refractivity contribution >= 4 is 11.9 Å². The standard InChI is InChI=1S/C43H80O10/c1-3-5-7-9-11-12-13-14-15-16-17-18-19-20-21-22-23-24-26-28-30-32-39(46)52-36(34-50-38(45)31-29-27-25-10-8-6-4-2)35-51-43-42(49)41(48)40(47)37(33-44)53-43/h16-17,36-37,40-44,47-49H,3-15,18-35H2,1-2H3/b17-16-. The number of hydrogen-bond acceptors (Lipinski definition) is 10. The first-order valence-corrected chi connectivity index (χ1v) is 21.8. The third kappa shape index (κ3) is 26.8. The predicted octanol–water partition coefficient (Wildman–Crippen LogP) is 8.78. The first-order valence-electron chi connectivity index (χ1n) is 21.8. The molecule has 0 aliphatic carbocycles. The number of rotatable bonds is 36. The van der Waals surface area contributed by atoms with E-state index in [0.717, 1.165) is 44.9 Å². The normalized spacial score (nSPS) is 20.9. The van der Waals surface area contributed by atoms with Crippen LogP contribution < -0.4 is 0 Å². The topological polar surface area (TPSA) is 152 Å².